The average Bonchev–Trinajstić information content (AvgIpc) is 2.80. The second kappa shape index (κ2) is 5.61. The van der Waals surface area contributed by atoms with Gasteiger partial charge in [0.2, 0.25) is 5.91 Å². The number of carbonyl (C=O) groups is 2. The normalized spacial score (nSPS) is 18.9. The molecule has 21 heavy (non-hydrogen) atoms. The molecule has 1 saturated heterocycles. The van der Waals surface area contributed by atoms with Crippen LogP contribution in [-0.2, 0) is 19.8 Å². The Bertz CT molecular complexity index is 706. The molecule has 9 heteroatoms. The highest BCUT2D eigenvalue weighted by atomic mass is 35.5. The maximum Gasteiger partial charge on any atom is 0.337 e. The molecule has 0 spiro atoms. The lowest BCUT2D eigenvalue weighted by Crippen LogP contribution is -2.27. The Morgan fingerprint density at radius 1 is 1.48 bits per heavy atom. The van der Waals surface area contributed by atoms with Crippen molar-refractivity contribution in [3.8, 4) is 0 Å². The molecule has 6 nitrogen and oxygen atoms in total. The molecule has 0 saturated carbocycles. The summed E-state index contributed by atoms with van der Waals surface area (Å²) in [4.78, 5) is 24.4. The fraction of sp³-hybridized carbons (Fsp3) is 0.333. The summed E-state index contributed by atoms with van der Waals surface area (Å²) < 4.78 is 39.4. The number of hydrogen-bond acceptors (Lipinski definition) is 5. The Hall–Kier alpha value is -1.67. The van der Waals surface area contributed by atoms with E-state index in [9.17, 15) is 21.9 Å². The highest BCUT2D eigenvalue weighted by Crippen LogP contribution is 2.32. The van der Waals surface area contributed by atoms with Gasteiger partial charge in [0, 0.05) is 13.0 Å². The second-order valence-electron chi connectivity index (χ2n) is 4.46. The number of carbonyl (C=O) groups excluding carboxylic acids is 2. The predicted molar refractivity (Wildman–Crippen MR) is 73.6 cm³/mol. The topological polar surface area (TPSA) is 80.8 Å². The van der Waals surface area contributed by atoms with Crippen LogP contribution in [0, 0.1) is 0 Å². The van der Waals surface area contributed by atoms with Gasteiger partial charge in [-0.15, -0.1) is 3.89 Å². The summed E-state index contributed by atoms with van der Waals surface area (Å²) >= 11 is 5.96. The number of esters is 1. The van der Waals surface area contributed by atoms with E-state index >= 15 is 0 Å². The number of rotatable bonds is 3. The predicted octanol–water partition coefficient (Wildman–Crippen LogP) is 1.53. The SMILES string of the molecule is COC(=O)c1ccc(Cl)c(N2CC(S(=O)(=O)F)CC2=O)c1. The van der Waals surface area contributed by atoms with E-state index < -0.39 is 33.8 Å². The molecule has 1 fully saturated rings. The van der Waals surface area contributed by atoms with E-state index in [1.54, 1.807) is 0 Å². The van der Waals surface area contributed by atoms with Crippen molar-refractivity contribution in [1.29, 1.82) is 0 Å². The largest absolute Gasteiger partial charge is 0.465 e. The van der Waals surface area contributed by atoms with Gasteiger partial charge in [0.1, 0.15) is 5.25 Å². The molecule has 1 amide bonds. The molecule has 0 aliphatic carbocycles. The molecule has 1 heterocycles. The molecule has 114 valence electrons. The summed E-state index contributed by atoms with van der Waals surface area (Å²) in [5, 5.41) is -1.28. The van der Waals surface area contributed by atoms with Crippen LogP contribution in [0.2, 0.25) is 5.02 Å². The Balaban J connectivity index is 2.38. The number of nitrogens with zero attached hydrogens (tertiary/aromatic N) is 1. The molecular weight excluding hydrogens is 325 g/mol. The van der Waals surface area contributed by atoms with E-state index in [2.05, 4.69) is 4.74 Å². The first kappa shape index (κ1) is 15.7. The molecule has 2 rings (SSSR count). The monoisotopic (exact) mass is 335 g/mol. The Morgan fingerprint density at radius 2 is 2.14 bits per heavy atom. The lowest BCUT2D eigenvalue weighted by molar-refractivity contribution is -0.117. The van der Waals surface area contributed by atoms with Crippen LogP contribution < -0.4 is 4.90 Å². The van der Waals surface area contributed by atoms with Gasteiger partial charge in [-0.1, -0.05) is 11.6 Å². The van der Waals surface area contributed by atoms with Gasteiger partial charge in [0.15, 0.2) is 0 Å². The standard InChI is InChI=1S/C12H11ClFNO5S/c1-20-12(17)7-2-3-9(13)10(4-7)15-6-8(5-11(15)16)21(14,18)19/h2-4,8H,5-6H2,1H3. The van der Waals surface area contributed by atoms with Crippen LogP contribution in [0.15, 0.2) is 18.2 Å². The zero-order valence-corrected chi connectivity index (χ0v) is 12.4. The second-order valence-corrected chi connectivity index (χ2v) is 6.49. The average molecular weight is 336 g/mol. The van der Waals surface area contributed by atoms with Gasteiger partial charge in [-0.25, -0.2) is 4.79 Å². The van der Waals surface area contributed by atoms with E-state index in [0.717, 1.165) is 4.90 Å². The van der Waals surface area contributed by atoms with Crippen molar-refractivity contribution in [2.24, 2.45) is 0 Å². The van der Waals surface area contributed by atoms with E-state index in [0.29, 0.717) is 0 Å². The number of benzene rings is 1. The molecule has 0 radical (unpaired) electrons. The van der Waals surface area contributed by atoms with E-state index in [1.807, 2.05) is 0 Å². The quantitative estimate of drug-likeness (QED) is 0.618. The van der Waals surface area contributed by atoms with Crippen molar-refractivity contribution < 1.29 is 26.6 Å². The highest BCUT2D eigenvalue weighted by molar-refractivity contribution is 7.87. The van der Waals surface area contributed by atoms with Crippen LogP contribution in [0.4, 0.5) is 9.57 Å². The number of anilines is 1. The van der Waals surface area contributed by atoms with E-state index in [4.69, 9.17) is 11.6 Å². The molecule has 1 aromatic carbocycles. The van der Waals surface area contributed by atoms with Crippen LogP contribution in [0.25, 0.3) is 0 Å². The van der Waals surface area contributed by atoms with Crippen molar-refractivity contribution >= 4 is 39.4 Å². The van der Waals surface area contributed by atoms with E-state index in [1.165, 1.54) is 25.3 Å². The van der Waals surface area contributed by atoms with Gasteiger partial charge < -0.3 is 9.64 Å². The molecule has 1 aliphatic heterocycles. The van der Waals surface area contributed by atoms with Crippen molar-refractivity contribution in [2.75, 3.05) is 18.6 Å². The van der Waals surface area contributed by atoms with Crippen LogP contribution in [0.5, 0.6) is 0 Å². The minimum atomic E-state index is -4.82. The fourth-order valence-corrected chi connectivity index (χ4v) is 2.95. The minimum Gasteiger partial charge on any atom is -0.465 e. The number of amides is 1. The van der Waals surface area contributed by atoms with Crippen molar-refractivity contribution in [3.05, 3.63) is 28.8 Å². The molecule has 1 aliphatic rings. The maximum atomic E-state index is 13.0. The molecule has 1 unspecified atom stereocenters. The Morgan fingerprint density at radius 3 is 2.67 bits per heavy atom. The van der Waals surface area contributed by atoms with Crippen molar-refractivity contribution in [1.82, 2.24) is 0 Å². The third-order valence-corrected chi connectivity index (χ3v) is 4.58. The van der Waals surface area contributed by atoms with Gasteiger partial charge >= 0.3 is 16.2 Å². The van der Waals surface area contributed by atoms with Crippen LogP contribution in [-0.4, -0.2) is 39.2 Å². The molecule has 0 bridgehead atoms. The molecular formula is C12H11ClFNO5S. The molecule has 1 aromatic rings. The summed E-state index contributed by atoms with van der Waals surface area (Å²) in [6.45, 7) is -0.345. The van der Waals surface area contributed by atoms with Gasteiger partial charge in [-0.2, -0.15) is 8.42 Å². The summed E-state index contributed by atoms with van der Waals surface area (Å²) in [5.74, 6) is -1.21. The minimum absolute atomic E-state index is 0.146. The number of hydrogen-bond donors (Lipinski definition) is 0. The van der Waals surface area contributed by atoms with E-state index in [-0.39, 0.29) is 22.8 Å². The third kappa shape index (κ3) is 3.16. The van der Waals surface area contributed by atoms with Gasteiger partial charge in [-0.3, -0.25) is 4.79 Å². The lowest BCUT2D eigenvalue weighted by Gasteiger charge is -2.18. The van der Waals surface area contributed by atoms with Gasteiger partial charge in [-0.05, 0) is 18.2 Å². The first-order valence-electron chi connectivity index (χ1n) is 5.85. The summed E-state index contributed by atoms with van der Waals surface area (Å²) in [7, 11) is -3.62. The van der Waals surface area contributed by atoms with Crippen molar-refractivity contribution in [2.45, 2.75) is 11.7 Å². The number of methoxy groups -OCH3 is 1. The van der Waals surface area contributed by atoms with Crippen LogP contribution in [0.1, 0.15) is 16.8 Å². The van der Waals surface area contributed by atoms with Gasteiger partial charge in [0.05, 0.1) is 23.4 Å². The smallest absolute Gasteiger partial charge is 0.337 e. The summed E-state index contributed by atoms with van der Waals surface area (Å²) in [6.07, 6.45) is -0.461. The maximum absolute atomic E-state index is 13.0. The third-order valence-electron chi connectivity index (χ3n) is 3.15. The highest BCUT2D eigenvalue weighted by Gasteiger charge is 2.39. The zero-order chi connectivity index (χ0) is 15.8. The summed E-state index contributed by atoms with van der Waals surface area (Å²) in [5.41, 5.74) is 0.298. The molecule has 1 atom stereocenters. The zero-order valence-electron chi connectivity index (χ0n) is 10.9. The van der Waals surface area contributed by atoms with Crippen LogP contribution >= 0.6 is 11.6 Å². The number of halogens is 2. The van der Waals surface area contributed by atoms with Gasteiger partial charge in [0.25, 0.3) is 0 Å². The molecule has 0 aromatic heterocycles. The molecule has 0 N–H and O–H groups in total. The lowest BCUT2D eigenvalue weighted by atomic mass is 10.2. The van der Waals surface area contributed by atoms with Crippen LogP contribution in [0.3, 0.4) is 0 Å². The van der Waals surface area contributed by atoms with Crippen molar-refractivity contribution in [3.63, 3.8) is 0 Å². The summed E-state index contributed by atoms with van der Waals surface area (Å²) in [6, 6.07) is 4.09. The Labute approximate surface area is 125 Å². The number of ether oxygens (including phenoxy) is 1. The Kier molecular flexibility index (Phi) is 4.20. The fourth-order valence-electron chi connectivity index (χ4n) is 2.06. The first-order valence-corrected chi connectivity index (χ1v) is 7.68. The first-order chi connectivity index (χ1) is 9.74.